The van der Waals surface area contributed by atoms with Crippen LogP contribution in [-0.2, 0) is 13.0 Å². The van der Waals surface area contributed by atoms with Crippen molar-refractivity contribution in [1.29, 1.82) is 0 Å². The van der Waals surface area contributed by atoms with Crippen LogP contribution in [0, 0.1) is 0 Å². The molecule has 0 atom stereocenters. The number of nitrogens with one attached hydrogen (secondary N) is 1. The van der Waals surface area contributed by atoms with Crippen molar-refractivity contribution in [2.24, 2.45) is 0 Å². The largest absolute Gasteiger partial charge is 0.382 e. The van der Waals surface area contributed by atoms with E-state index in [2.05, 4.69) is 28.7 Å². The van der Waals surface area contributed by atoms with Crippen molar-refractivity contribution in [2.75, 3.05) is 11.1 Å². The summed E-state index contributed by atoms with van der Waals surface area (Å²) >= 11 is 13.6. The highest BCUT2D eigenvalue weighted by Crippen LogP contribution is 2.28. The molecule has 0 amide bonds. The van der Waals surface area contributed by atoms with Gasteiger partial charge in [0.2, 0.25) is 0 Å². The number of aryl methyl sites for hydroxylation is 1. The van der Waals surface area contributed by atoms with Crippen LogP contribution < -0.4 is 11.1 Å². The molecule has 0 unspecified atom stereocenters. The minimum Gasteiger partial charge on any atom is -0.382 e. The molecule has 96 valence electrons. The fourth-order valence-electron chi connectivity index (χ4n) is 1.61. The van der Waals surface area contributed by atoms with Crippen molar-refractivity contribution in [2.45, 2.75) is 19.9 Å². The van der Waals surface area contributed by atoms with E-state index >= 15 is 0 Å². The van der Waals surface area contributed by atoms with Crippen LogP contribution in [0.1, 0.15) is 17.4 Å². The predicted molar refractivity (Wildman–Crippen MR) is 79.7 cm³/mol. The van der Waals surface area contributed by atoms with Gasteiger partial charge in [0.1, 0.15) is 11.6 Å². The van der Waals surface area contributed by atoms with Crippen LogP contribution >= 0.6 is 34.5 Å². The van der Waals surface area contributed by atoms with E-state index in [-0.39, 0.29) is 5.82 Å². The first-order valence-corrected chi connectivity index (χ1v) is 7.16. The summed E-state index contributed by atoms with van der Waals surface area (Å²) in [5, 5.41) is 6.12. The van der Waals surface area contributed by atoms with E-state index in [1.54, 1.807) is 17.4 Å². The second-order valence-corrected chi connectivity index (χ2v) is 5.58. The molecule has 3 nitrogen and oxygen atoms in total. The first kappa shape index (κ1) is 13.5. The monoisotopic (exact) mass is 301 g/mol. The summed E-state index contributed by atoms with van der Waals surface area (Å²) in [6.45, 7) is 2.83. The number of nitrogens with two attached hydrogens (primary N) is 1. The predicted octanol–water partition coefficient (Wildman–Crippen LogP) is 4.21. The summed E-state index contributed by atoms with van der Waals surface area (Å²) < 4.78 is 0. The number of pyridine rings is 1. The number of halogens is 2. The molecule has 0 radical (unpaired) electrons. The van der Waals surface area contributed by atoms with Crippen LogP contribution in [-0.4, -0.2) is 4.98 Å². The van der Waals surface area contributed by atoms with E-state index in [4.69, 9.17) is 28.9 Å². The Hall–Kier alpha value is -0.970. The highest BCUT2D eigenvalue weighted by atomic mass is 35.5. The Morgan fingerprint density at radius 2 is 2.17 bits per heavy atom. The van der Waals surface area contributed by atoms with Crippen LogP contribution in [0.15, 0.2) is 17.5 Å². The first-order chi connectivity index (χ1) is 8.61. The fourth-order valence-corrected chi connectivity index (χ4v) is 2.95. The van der Waals surface area contributed by atoms with Gasteiger partial charge in [0.05, 0.1) is 16.6 Å². The molecule has 0 bridgehead atoms. The van der Waals surface area contributed by atoms with Crippen molar-refractivity contribution in [3.63, 3.8) is 0 Å². The van der Waals surface area contributed by atoms with Gasteiger partial charge in [-0.3, -0.25) is 0 Å². The van der Waals surface area contributed by atoms with Gasteiger partial charge in [0, 0.05) is 4.88 Å². The quantitative estimate of drug-likeness (QED) is 0.889. The van der Waals surface area contributed by atoms with Crippen LogP contribution in [0.5, 0.6) is 0 Å². The van der Waals surface area contributed by atoms with Crippen molar-refractivity contribution in [3.05, 3.63) is 38.0 Å². The standard InChI is InChI=1S/C12H13Cl2N3S/c1-2-7-3-4-18-10(7)6-16-12-9(14)5-8(13)11(15)17-12/h3-5H,2,6H2,1H3,(H3,15,16,17). The molecule has 0 spiro atoms. The van der Waals surface area contributed by atoms with E-state index in [1.807, 2.05) is 0 Å². The number of aromatic nitrogens is 1. The average molecular weight is 302 g/mol. The summed E-state index contributed by atoms with van der Waals surface area (Å²) in [7, 11) is 0. The molecule has 0 aliphatic rings. The Bertz CT molecular complexity index is 554. The van der Waals surface area contributed by atoms with Gasteiger partial charge in [-0.1, -0.05) is 30.1 Å². The normalized spacial score (nSPS) is 10.6. The van der Waals surface area contributed by atoms with E-state index in [0.717, 1.165) is 6.42 Å². The maximum Gasteiger partial charge on any atom is 0.147 e. The number of hydrogen-bond acceptors (Lipinski definition) is 4. The van der Waals surface area contributed by atoms with E-state index in [1.165, 1.54) is 10.4 Å². The summed E-state index contributed by atoms with van der Waals surface area (Å²) in [6.07, 6.45) is 1.02. The molecule has 0 fully saturated rings. The molecule has 0 aromatic carbocycles. The zero-order chi connectivity index (χ0) is 13.1. The van der Waals surface area contributed by atoms with Crippen LogP contribution in [0.4, 0.5) is 11.6 Å². The summed E-state index contributed by atoms with van der Waals surface area (Å²) in [4.78, 5) is 5.42. The Morgan fingerprint density at radius 1 is 1.39 bits per heavy atom. The summed E-state index contributed by atoms with van der Waals surface area (Å²) in [6, 6.07) is 3.73. The number of hydrogen-bond donors (Lipinski definition) is 2. The lowest BCUT2D eigenvalue weighted by atomic mass is 10.2. The number of anilines is 2. The molecular formula is C12H13Cl2N3S. The molecule has 2 aromatic heterocycles. The second-order valence-electron chi connectivity index (χ2n) is 3.76. The zero-order valence-electron chi connectivity index (χ0n) is 9.84. The lowest BCUT2D eigenvalue weighted by Gasteiger charge is -2.09. The maximum atomic E-state index is 6.05. The minimum atomic E-state index is 0.283. The first-order valence-electron chi connectivity index (χ1n) is 5.52. The average Bonchev–Trinajstić information content (AvgIpc) is 2.79. The Labute approximate surface area is 120 Å². The Morgan fingerprint density at radius 3 is 2.89 bits per heavy atom. The van der Waals surface area contributed by atoms with Gasteiger partial charge in [0.15, 0.2) is 0 Å². The zero-order valence-corrected chi connectivity index (χ0v) is 12.2. The van der Waals surface area contributed by atoms with Crippen LogP contribution in [0.25, 0.3) is 0 Å². The third-order valence-electron chi connectivity index (χ3n) is 2.59. The molecular weight excluding hydrogens is 289 g/mol. The third-order valence-corrected chi connectivity index (χ3v) is 4.15. The van der Waals surface area contributed by atoms with Gasteiger partial charge in [0.25, 0.3) is 0 Å². The van der Waals surface area contributed by atoms with Crippen molar-refractivity contribution >= 4 is 46.2 Å². The third kappa shape index (κ3) is 2.88. The second kappa shape index (κ2) is 5.78. The molecule has 2 rings (SSSR count). The molecule has 2 heterocycles. The summed E-state index contributed by atoms with van der Waals surface area (Å²) in [5.74, 6) is 0.847. The van der Waals surface area contributed by atoms with Gasteiger partial charge in [-0.15, -0.1) is 11.3 Å². The number of nitrogen functional groups attached to an aromatic ring is 1. The van der Waals surface area contributed by atoms with Gasteiger partial charge in [-0.25, -0.2) is 4.98 Å². The highest BCUT2D eigenvalue weighted by molar-refractivity contribution is 7.10. The Balaban J connectivity index is 2.13. The fraction of sp³-hybridized carbons (Fsp3) is 0.250. The topological polar surface area (TPSA) is 50.9 Å². The molecule has 2 aromatic rings. The van der Waals surface area contributed by atoms with Crippen molar-refractivity contribution in [1.82, 2.24) is 4.98 Å². The molecule has 6 heteroatoms. The molecule has 18 heavy (non-hydrogen) atoms. The lowest BCUT2D eigenvalue weighted by molar-refractivity contribution is 1.07. The van der Waals surface area contributed by atoms with E-state index in [0.29, 0.717) is 22.4 Å². The van der Waals surface area contributed by atoms with Crippen LogP contribution in [0.3, 0.4) is 0 Å². The molecule has 0 aliphatic heterocycles. The molecule has 3 N–H and O–H groups in total. The molecule has 0 aliphatic carbocycles. The van der Waals surface area contributed by atoms with Gasteiger partial charge in [-0.2, -0.15) is 0 Å². The molecule has 0 saturated heterocycles. The summed E-state index contributed by atoms with van der Waals surface area (Å²) in [5.41, 5.74) is 6.99. The van der Waals surface area contributed by atoms with Crippen molar-refractivity contribution < 1.29 is 0 Å². The molecule has 0 saturated carbocycles. The maximum absolute atomic E-state index is 6.05. The van der Waals surface area contributed by atoms with E-state index in [9.17, 15) is 0 Å². The van der Waals surface area contributed by atoms with E-state index < -0.39 is 0 Å². The van der Waals surface area contributed by atoms with Crippen molar-refractivity contribution in [3.8, 4) is 0 Å². The smallest absolute Gasteiger partial charge is 0.147 e. The van der Waals surface area contributed by atoms with Gasteiger partial charge >= 0.3 is 0 Å². The highest BCUT2D eigenvalue weighted by Gasteiger charge is 2.08. The van der Waals surface area contributed by atoms with Crippen LogP contribution in [0.2, 0.25) is 10.0 Å². The SMILES string of the molecule is CCc1ccsc1CNc1nc(N)c(Cl)cc1Cl. The van der Waals surface area contributed by atoms with Gasteiger partial charge in [-0.05, 0) is 29.5 Å². The number of thiophene rings is 1. The number of rotatable bonds is 4. The number of nitrogens with zero attached hydrogens (tertiary/aromatic N) is 1. The minimum absolute atomic E-state index is 0.283. The Kier molecular flexibility index (Phi) is 4.32. The lowest BCUT2D eigenvalue weighted by Crippen LogP contribution is -2.04. The van der Waals surface area contributed by atoms with Gasteiger partial charge < -0.3 is 11.1 Å².